The summed E-state index contributed by atoms with van der Waals surface area (Å²) in [6.45, 7) is 6.56. The van der Waals surface area contributed by atoms with Crippen LogP contribution in [-0.2, 0) is 4.79 Å². The molecular formula is C14H19N3OS. The molecule has 2 rings (SSSR count). The fourth-order valence-electron chi connectivity index (χ4n) is 1.79. The summed E-state index contributed by atoms with van der Waals surface area (Å²) in [5, 5.41) is 8.37. The summed E-state index contributed by atoms with van der Waals surface area (Å²) < 4.78 is 4.35. The Hall–Kier alpha value is -1.62. The zero-order valence-corrected chi connectivity index (χ0v) is 12.3. The first-order valence-corrected chi connectivity index (χ1v) is 7.12. The fourth-order valence-corrected chi connectivity index (χ4v) is 2.57. The number of rotatable bonds is 4. The summed E-state index contributed by atoms with van der Waals surface area (Å²) in [7, 11) is 0. The largest absolute Gasteiger partial charge is 0.375 e. The Bertz CT molecular complexity index is 571. The zero-order chi connectivity index (χ0) is 13.9. The van der Waals surface area contributed by atoms with Gasteiger partial charge in [0.15, 0.2) is 0 Å². The van der Waals surface area contributed by atoms with Crippen LogP contribution in [0.4, 0.5) is 5.00 Å². The van der Waals surface area contributed by atoms with Crippen LogP contribution in [0.3, 0.4) is 0 Å². The summed E-state index contributed by atoms with van der Waals surface area (Å²) in [5.74, 6) is 0.0637. The summed E-state index contributed by atoms with van der Waals surface area (Å²) in [5.41, 5.74) is 0.822. The average molecular weight is 277 g/mol. The number of carbonyl (C=O) groups is 1. The average Bonchev–Trinajstić information content (AvgIpc) is 2.70. The first kappa shape index (κ1) is 13.8. The number of amides is 1. The lowest BCUT2D eigenvalue weighted by atomic mass is 10.1. The van der Waals surface area contributed by atoms with E-state index in [0.29, 0.717) is 13.0 Å². The number of nitrogens with one attached hydrogen (secondary N) is 2. The van der Waals surface area contributed by atoms with Gasteiger partial charge in [0.05, 0.1) is 5.52 Å². The third-order valence-corrected chi connectivity index (χ3v) is 3.37. The summed E-state index contributed by atoms with van der Waals surface area (Å²) in [4.78, 5) is 11.7. The Morgan fingerprint density at radius 1 is 1.32 bits per heavy atom. The Morgan fingerprint density at radius 3 is 2.79 bits per heavy atom. The van der Waals surface area contributed by atoms with Gasteiger partial charge in [-0.05, 0) is 44.4 Å². The van der Waals surface area contributed by atoms with Crippen LogP contribution in [0.25, 0.3) is 10.9 Å². The van der Waals surface area contributed by atoms with E-state index in [9.17, 15) is 4.79 Å². The molecule has 19 heavy (non-hydrogen) atoms. The maximum Gasteiger partial charge on any atom is 0.222 e. The third-order valence-electron chi connectivity index (χ3n) is 2.54. The Kier molecular flexibility index (Phi) is 4.04. The summed E-state index contributed by atoms with van der Waals surface area (Å²) in [6.07, 6.45) is 0.462. The molecule has 2 N–H and O–H groups in total. The minimum atomic E-state index is -0.172. The number of aromatic nitrogens is 1. The van der Waals surface area contributed by atoms with Crippen LogP contribution < -0.4 is 10.6 Å². The van der Waals surface area contributed by atoms with E-state index in [4.69, 9.17) is 0 Å². The summed E-state index contributed by atoms with van der Waals surface area (Å²) in [6, 6.07) is 8.00. The highest BCUT2D eigenvalue weighted by atomic mass is 32.1. The molecule has 0 atom stereocenters. The van der Waals surface area contributed by atoms with Gasteiger partial charge in [0.2, 0.25) is 5.91 Å². The van der Waals surface area contributed by atoms with E-state index in [0.717, 1.165) is 15.9 Å². The van der Waals surface area contributed by atoms with Crippen molar-refractivity contribution in [3.8, 4) is 0 Å². The van der Waals surface area contributed by atoms with Crippen molar-refractivity contribution in [1.29, 1.82) is 0 Å². The maximum absolute atomic E-state index is 11.7. The fraction of sp³-hybridized carbons (Fsp3) is 0.429. The van der Waals surface area contributed by atoms with E-state index < -0.39 is 0 Å². The smallest absolute Gasteiger partial charge is 0.222 e. The number of anilines is 1. The van der Waals surface area contributed by atoms with Crippen LogP contribution in [0, 0.1) is 0 Å². The monoisotopic (exact) mass is 277 g/mol. The highest BCUT2D eigenvalue weighted by Crippen LogP contribution is 2.26. The second-order valence-electron chi connectivity index (χ2n) is 5.50. The number of fused-ring (bicyclic) bond motifs is 1. The van der Waals surface area contributed by atoms with Crippen molar-refractivity contribution < 1.29 is 4.79 Å². The molecule has 1 aromatic carbocycles. The van der Waals surface area contributed by atoms with Gasteiger partial charge in [0.25, 0.3) is 0 Å². The van der Waals surface area contributed by atoms with Gasteiger partial charge in [-0.1, -0.05) is 12.1 Å². The minimum Gasteiger partial charge on any atom is -0.375 e. The summed E-state index contributed by atoms with van der Waals surface area (Å²) >= 11 is 1.43. The van der Waals surface area contributed by atoms with Crippen LogP contribution in [-0.4, -0.2) is 22.4 Å². The number of hydrogen-bond acceptors (Lipinski definition) is 4. The van der Waals surface area contributed by atoms with E-state index in [1.807, 2.05) is 45.0 Å². The van der Waals surface area contributed by atoms with E-state index in [1.54, 1.807) is 0 Å². The third kappa shape index (κ3) is 3.92. The predicted molar refractivity (Wildman–Crippen MR) is 80.6 cm³/mol. The Morgan fingerprint density at radius 2 is 2.05 bits per heavy atom. The number of hydrogen-bond donors (Lipinski definition) is 2. The van der Waals surface area contributed by atoms with Crippen molar-refractivity contribution in [2.45, 2.75) is 32.7 Å². The number of nitrogens with zero attached hydrogens (tertiary/aromatic N) is 1. The van der Waals surface area contributed by atoms with E-state index >= 15 is 0 Å². The first-order valence-electron chi connectivity index (χ1n) is 6.35. The Balaban J connectivity index is 1.88. The van der Waals surface area contributed by atoms with E-state index in [-0.39, 0.29) is 11.4 Å². The van der Waals surface area contributed by atoms with Crippen molar-refractivity contribution in [2.75, 3.05) is 11.9 Å². The molecule has 0 radical (unpaired) electrons. The molecule has 102 valence electrons. The SMILES string of the molecule is CC(C)(C)NC(=O)CCNc1snc2ccccc12. The molecule has 0 aliphatic carbocycles. The molecular weight excluding hydrogens is 258 g/mol. The van der Waals surface area contributed by atoms with Crippen molar-refractivity contribution >= 4 is 33.3 Å². The molecule has 0 fully saturated rings. The molecule has 4 nitrogen and oxygen atoms in total. The van der Waals surface area contributed by atoms with Gasteiger partial charge in [-0.3, -0.25) is 4.79 Å². The molecule has 1 heterocycles. The standard InChI is InChI=1S/C14H19N3OS/c1-14(2,3)16-12(18)8-9-15-13-10-6-4-5-7-11(10)17-19-13/h4-7,15H,8-9H2,1-3H3,(H,16,18). The molecule has 0 aliphatic heterocycles. The van der Waals surface area contributed by atoms with Crippen LogP contribution in [0.15, 0.2) is 24.3 Å². The molecule has 5 heteroatoms. The van der Waals surface area contributed by atoms with E-state index in [1.165, 1.54) is 11.5 Å². The molecule has 1 aromatic heterocycles. The van der Waals surface area contributed by atoms with Gasteiger partial charge in [-0.2, -0.15) is 4.37 Å². The first-order chi connectivity index (χ1) is 8.96. The topological polar surface area (TPSA) is 54.0 Å². The lowest BCUT2D eigenvalue weighted by Gasteiger charge is -2.20. The van der Waals surface area contributed by atoms with Gasteiger partial charge in [0.1, 0.15) is 5.00 Å². The zero-order valence-electron chi connectivity index (χ0n) is 11.5. The van der Waals surface area contributed by atoms with E-state index in [2.05, 4.69) is 15.0 Å². The van der Waals surface area contributed by atoms with Crippen LogP contribution >= 0.6 is 11.5 Å². The molecule has 1 amide bonds. The van der Waals surface area contributed by atoms with Crippen LogP contribution in [0.1, 0.15) is 27.2 Å². The van der Waals surface area contributed by atoms with Crippen molar-refractivity contribution in [3.63, 3.8) is 0 Å². The maximum atomic E-state index is 11.7. The van der Waals surface area contributed by atoms with Gasteiger partial charge in [-0.25, -0.2) is 0 Å². The van der Waals surface area contributed by atoms with Crippen molar-refractivity contribution in [2.24, 2.45) is 0 Å². The van der Waals surface area contributed by atoms with Crippen LogP contribution in [0.2, 0.25) is 0 Å². The molecule has 2 aromatic rings. The van der Waals surface area contributed by atoms with Crippen molar-refractivity contribution in [1.82, 2.24) is 9.69 Å². The normalized spacial score (nSPS) is 11.5. The second-order valence-corrected chi connectivity index (χ2v) is 6.28. The van der Waals surface area contributed by atoms with Gasteiger partial charge < -0.3 is 10.6 Å². The molecule has 0 bridgehead atoms. The quantitative estimate of drug-likeness (QED) is 0.903. The van der Waals surface area contributed by atoms with Gasteiger partial charge >= 0.3 is 0 Å². The minimum absolute atomic E-state index is 0.0637. The van der Waals surface area contributed by atoms with Crippen molar-refractivity contribution in [3.05, 3.63) is 24.3 Å². The molecule has 0 unspecified atom stereocenters. The number of carbonyl (C=O) groups excluding carboxylic acids is 1. The second kappa shape index (κ2) is 5.57. The van der Waals surface area contributed by atoms with Gasteiger partial charge in [0, 0.05) is 23.9 Å². The highest BCUT2D eigenvalue weighted by molar-refractivity contribution is 7.11. The molecule has 0 spiro atoms. The molecule has 0 saturated carbocycles. The van der Waals surface area contributed by atoms with Gasteiger partial charge in [-0.15, -0.1) is 0 Å². The predicted octanol–water partition coefficient (Wildman–Crippen LogP) is 3.01. The lowest BCUT2D eigenvalue weighted by Crippen LogP contribution is -2.41. The van der Waals surface area contributed by atoms with Crippen LogP contribution in [0.5, 0.6) is 0 Å². The highest BCUT2D eigenvalue weighted by Gasteiger charge is 2.13. The molecule has 0 aliphatic rings. The number of benzene rings is 1. The lowest BCUT2D eigenvalue weighted by molar-refractivity contribution is -0.122. The molecule has 0 saturated heterocycles. The Labute approximate surface area is 117 Å².